The summed E-state index contributed by atoms with van der Waals surface area (Å²) in [5.74, 6) is -1.54. The van der Waals surface area contributed by atoms with Gasteiger partial charge >= 0.3 is 69.2 Å². The Balaban J connectivity index is 0.00000323. The van der Waals surface area contributed by atoms with E-state index >= 15 is 0 Å². The number of azo groups is 1. The number of ether oxygens (including phenoxy) is 1. The fourth-order valence-electron chi connectivity index (χ4n) is 3.80. The number of aromatic nitrogens is 1. The number of fused-ring (bicyclic) bond motifs is 1. The predicted molar refractivity (Wildman–Crippen MR) is 168 cm³/mol. The van der Waals surface area contributed by atoms with Crippen LogP contribution >= 0.6 is 11.3 Å². The molecule has 0 fully saturated rings. The van der Waals surface area contributed by atoms with E-state index in [1.54, 1.807) is 23.5 Å². The molecule has 4 aromatic rings. The van der Waals surface area contributed by atoms with Gasteiger partial charge < -0.3 is 10.1 Å². The van der Waals surface area contributed by atoms with Crippen molar-refractivity contribution in [2.24, 2.45) is 10.2 Å². The van der Waals surface area contributed by atoms with Gasteiger partial charge in [-0.25, -0.2) is 13.4 Å². The first-order valence-electron chi connectivity index (χ1n) is 11.9. The summed E-state index contributed by atoms with van der Waals surface area (Å²) in [5.41, 5.74) is 3.43. The van der Waals surface area contributed by atoms with E-state index in [2.05, 4.69) is 30.2 Å². The van der Waals surface area contributed by atoms with Crippen LogP contribution in [0.4, 0.5) is 11.4 Å². The molecule has 0 aliphatic rings. The Bertz CT molecular complexity index is 1870. The zero-order valence-electron chi connectivity index (χ0n) is 22.1. The van der Waals surface area contributed by atoms with Crippen molar-refractivity contribution in [1.82, 2.24) is 4.98 Å². The van der Waals surface area contributed by atoms with E-state index in [1.807, 2.05) is 31.2 Å². The van der Waals surface area contributed by atoms with E-state index in [4.69, 9.17) is 4.74 Å². The van der Waals surface area contributed by atoms with Crippen molar-refractivity contribution in [2.75, 3.05) is 12.4 Å². The summed E-state index contributed by atoms with van der Waals surface area (Å²) in [4.78, 5) is 29.4. The third kappa shape index (κ3) is 9.23. The van der Waals surface area contributed by atoms with Gasteiger partial charge in [-0.15, -0.1) is 15.0 Å². The Morgan fingerprint density at radius 2 is 1.70 bits per heavy atom. The first-order valence-corrected chi connectivity index (χ1v) is 15.2. The van der Waals surface area contributed by atoms with Gasteiger partial charge in [0.25, 0.3) is 16.9 Å². The number of thiol groups is 1. The Hall–Kier alpha value is -2.05. The molecule has 1 unspecified atom stereocenters. The van der Waals surface area contributed by atoms with Crippen LogP contribution in [-0.2, 0) is 34.3 Å². The molecule has 1 N–H and O–H groups in total. The van der Waals surface area contributed by atoms with Gasteiger partial charge in [-0.1, -0.05) is 6.07 Å². The number of carbonyl (C=O) groups excluding carboxylic acids is 2. The van der Waals surface area contributed by atoms with Gasteiger partial charge in [0.1, 0.15) is 15.7 Å². The number of aryl methyl sites for hydroxylation is 2. The minimum absolute atomic E-state index is 0. The molecular formula is C26H26N4Na2O8S3. The molecule has 1 atom stereocenters. The van der Waals surface area contributed by atoms with E-state index in [9.17, 15) is 26.4 Å². The molecule has 4 rings (SSSR count). The summed E-state index contributed by atoms with van der Waals surface area (Å²) in [6.45, 7) is 4.57. The molecule has 1 heterocycles. The number of carbonyl (C=O) groups is 2. The first kappa shape index (κ1) is 37.1. The van der Waals surface area contributed by atoms with E-state index in [0.717, 1.165) is 32.4 Å². The molecule has 43 heavy (non-hydrogen) atoms. The molecule has 12 nitrogen and oxygen atoms in total. The van der Waals surface area contributed by atoms with Crippen LogP contribution in [0.2, 0.25) is 0 Å². The van der Waals surface area contributed by atoms with Gasteiger partial charge in [0.2, 0.25) is 6.04 Å². The molecule has 17 heteroatoms. The number of amides is 1. The summed E-state index contributed by atoms with van der Waals surface area (Å²) in [6.07, 6.45) is 0. The van der Waals surface area contributed by atoms with Crippen molar-refractivity contribution < 1.29 is 34.8 Å². The number of methoxy groups -OCH3 is 1. The van der Waals surface area contributed by atoms with Crippen molar-refractivity contribution in [3.63, 3.8) is 0 Å². The molecule has 0 aliphatic carbocycles. The number of hydrogen-bond donors (Lipinski definition) is 2. The quantitative estimate of drug-likeness (QED) is 0.112. The summed E-state index contributed by atoms with van der Waals surface area (Å²) >= 11 is 1.57. The van der Waals surface area contributed by atoms with Crippen LogP contribution in [-0.4, -0.2) is 106 Å². The van der Waals surface area contributed by atoms with Crippen molar-refractivity contribution >= 4 is 125 Å². The van der Waals surface area contributed by atoms with Crippen LogP contribution in [0, 0.1) is 13.8 Å². The topological polar surface area (TPSA) is 171 Å². The van der Waals surface area contributed by atoms with Crippen LogP contribution in [0.15, 0.2) is 69.7 Å². The van der Waals surface area contributed by atoms with Gasteiger partial charge in [0.05, 0.1) is 28.7 Å². The monoisotopic (exact) mass is 664 g/mol. The maximum atomic E-state index is 13.0. The average Bonchev–Trinajstić information content (AvgIpc) is 3.31. The van der Waals surface area contributed by atoms with Crippen LogP contribution in [0.5, 0.6) is 5.75 Å². The van der Waals surface area contributed by atoms with E-state index in [0.29, 0.717) is 5.69 Å². The second kappa shape index (κ2) is 15.8. The number of Topliss-reactive ketones (excluding diaryl/α,β-unsaturated/α-hetero) is 1. The molecule has 3 aromatic carbocycles. The van der Waals surface area contributed by atoms with Crippen molar-refractivity contribution in [3.8, 4) is 16.3 Å². The molecular weight excluding hydrogens is 638 g/mol. The third-order valence-electron chi connectivity index (χ3n) is 5.76. The van der Waals surface area contributed by atoms with Crippen LogP contribution in [0.1, 0.15) is 18.1 Å². The fourth-order valence-corrected chi connectivity index (χ4v) is 6.53. The second-order valence-corrected chi connectivity index (χ2v) is 12.2. The SMILES string of the molecule is COc1cc(S(=O)(=O)O[SH](=O)=O)c(C)cc1NC(=O)C(N=Nc1ccc(-c2nc3ccc(C)cc3s2)cc1)C(C)=O.[NaH].[NaH]. The molecule has 0 radical (unpaired) electrons. The van der Waals surface area contributed by atoms with Gasteiger partial charge in [0, 0.05) is 11.6 Å². The Kier molecular flexibility index (Phi) is 13.6. The molecule has 0 saturated heterocycles. The third-order valence-corrected chi connectivity index (χ3v) is 9.08. The average molecular weight is 665 g/mol. The molecule has 0 spiro atoms. The van der Waals surface area contributed by atoms with E-state index < -0.39 is 43.7 Å². The number of benzene rings is 3. The van der Waals surface area contributed by atoms with Gasteiger partial charge in [-0.05, 0) is 74.4 Å². The Morgan fingerprint density at radius 3 is 2.30 bits per heavy atom. The zero-order chi connectivity index (χ0) is 29.9. The van der Waals surface area contributed by atoms with Crippen LogP contribution < -0.4 is 10.1 Å². The van der Waals surface area contributed by atoms with Crippen molar-refractivity contribution in [2.45, 2.75) is 31.7 Å². The molecule has 0 aliphatic heterocycles. The number of rotatable bonds is 10. The molecule has 0 bridgehead atoms. The first-order chi connectivity index (χ1) is 19.4. The molecule has 1 aromatic heterocycles. The van der Waals surface area contributed by atoms with Gasteiger partial charge in [-0.2, -0.15) is 18.6 Å². The number of thiazole rings is 1. The molecule has 1 amide bonds. The number of nitrogens with one attached hydrogen (secondary N) is 1. The number of anilines is 1. The van der Waals surface area contributed by atoms with Gasteiger partial charge in [0.15, 0.2) is 5.78 Å². The molecule has 218 valence electrons. The summed E-state index contributed by atoms with van der Waals surface area (Å²) < 4.78 is 56.3. The van der Waals surface area contributed by atoms with Crippen molar-refractivity contribution in [3.05, 3.63) is 65.7 Å². The van der Waals surface area contributed by atoms with E-state index in [1.165, 1.54) is 27.0 Å². The predicted octanol–water partition coefficient (Wildman–Crippen LogP) is 3.20. The number of hydrogen-bond acceptors (Lipinski definition) is 12. The summed E-state index contributed by atoms with van der Waals surface area (Å²) in [5, 5.41) is 11.3. The van der Waals surface area contributed by atoms with Crippen LogP contribution in [0.25, 0.3) is 20.8 Å². The summed E-state index contributed by atoms with van der Waals surface area (Å²) in [7, 11) is -7.11. The zero-order valence-corrected chi connectivity index (χ0v) is 24.7. The van der Waals surface area contributed by atoms with Crippen LogP contribution in [0.3, 0.4) is 0 Å². The fraction of sp³-hybridized carbons (Fsp3) is 0.192. The standard InChI is InChI=1S/C26H24N4O8S3.2Na.2H/c1-14-5-10-19-22(11-14)39-26(28-19)17-6-8-18(9-7-17)29-30-24(16(3)31)25(32)27-20-12-15(2)23(13-21(20)37-4)41(35,36)38-40(33)34;;;;/h5-13,24,40H,1-4H3,(H,27,32);;;;. The Labute approximate surface area is 298 Å². The van der Waals surface area contributed by atoms with Crippen molar-refractivity contribution in [1.29, 1.82) is 0 Å². The normalized spacial score (nSPS) is 12.0. The number of nitrogens with zero attached hydrogens (tertiary/aromatic N) is 3. The minimum atomic E-state index is -4.65. The van der Waals surface area contributed by atoms with E-state index in [-0.39, 0.29) is 76.1 Å². The second-order valence-electron chi connectivity index (χ2n) is 8.83. The Morgan fingerprint density at radius 1 is 1.02 bits per heavy atom. The molecule has 0 saturated carbocycles. The maximum absolute atomic E-state index is 13.0. The number of ketones is 1. The summed E-state index contributed by atoms with van der Waals surface area (Å²) in [6, 6.07) is 13.8. The van der Waals surface area contributed by atoms with Gasteiger partial charge in [-0.3, -0.25) is 9.59 Å².